The number of carbonyl (C=O) groups is 1. The lowest BCUT2D eigenvalue weighted by Crippen LogP contribution is -2.36. The van der Waals surface area contributed by atoms with E-state index in [0.29, 0.717) is 30.1 Å². The fraction of sp³-hybridized carbons (Fsp3) is 0.933. The van der Waals surface area contributed by atoms with Gasteiger partial charge in [-0.25, -0.2) is 0 Å². The molecule has 100 valence electrons. The third kappa shape index (κ3) is 4.69. The van der Waals surface area contributed by atoms with Crippen molar-refractivity contribution in [2.24, 2.45) is 23.7 Å². The van der Waals surface area contributed by atoms with Crippen LogP contribution in [0.3, 0.4) is 0 Å². The molecule has 1 fully saturated rings. The molecule has 0 heterocycles. The highest BCUT2D eigenvalue weighted by Crippen LogP contribution is 2.35. The third-order valence-electron chi connectivity index (χ3n) is 3.82. The highest BCUT2D eigenvalue weighted by Gasteiger charge is 2.33. The van der Waals surface area contributed by atoms with Crippen LogP contribution < -0.4 is 0 Å². The average molecular weight is 240 g/mol. The molecule has 3 atom stereocenters. The lowest BCUT2D eigenvalue weighted by Gasteiger charge is -2.36. The number of hydrogen-bond donors (Lipinski definition) is 0. The van der Waals surface area contributed by atoms with E-state index in [4.69, 9.17) is 4.74 Å². The summed E-state index contributed by atoms with van der Waals surface area (Å²) in [6.45, 7) is 10.9. The maximum absolute atomic E-state index is 11.8. The van der Waals surface area contributed by atoms with Crippen LogP contribution in [0, 0.1) is 23.7 Å². The molecule has 17 heavy (non-hydrogen) atoms. The largest absolute Gasteiger partial charge is 0.462 e. The Labute approximate surface area is 106 Å². The van der Waals surface area contributed by atoms with Crippen molar-refractivity contribution in [1.82, 2.24) is 0 Å². The minimum atomic E-state index is -0.00949. The van der Waals surface area contributed by atoms with Crippen LogP contribution in [0.1, 0.15) is 60.3 Å². The van der Waals surface area contributed by atoms with Crippen molar-refractivity contribution >= 4 is 5.97 Å². The summed E-state index contributed by atoms with van der Waals surface area (Å²) in [5, 5.41) is 0. The maximum Gasteiger partial charge on any atom is 0.306 e. The Morgan fingerprint density at radius 2 is 1.88 bits per heavy atom. The van der Waals surface area contributed by atoms with Gasteiger partial charge < -0.3 is 4.74 Å². The fourth-order valence-electron chi connectivity index (χ4n) is 2.80. The summed E-state index contributed by atoms with van der Waals surface area (Å²) in [5.41, 5.74) is 0. The monoisotopic (exact) mass is 240 g/mol. The molecule has 1 aliphatic carbocycles. The van der Waals surface area contributed by atoms with E-state index in [0.717, 1.165) is 6.42 Å². The molecule has 0 saturated heterocycles. The molecule has 0 amide bonds. The summed E-state index contributed by atoms with van der Waals surface area (Å²) in [5.74, 6) is 2.24. The van der Waals surface area contributed by atoms with Crippen molar-refractivity contribution in [3.8, 4) is 0 Å². The van der Waals surface area contributed by atoms with Crippen molar-refractivity contribution in [2.45, 2.75) is 66.4 Å². The summed E-state index contributed by atoms with van der Waals surface area (Å²) >= 11 is 0. The van der Waals surface area contributed by atoms with Gasteiger partial charge in [0.05, 0.1) is 0 Å². The Bertz CT molecular complexity index is 245. The van der Waals surface area contributed by atoms with Gasteiger partial charge in [-0.05, 0) is 36.5 Å². The Kier molecular flexibility index (Phi) is 5.48. The molecule has 0 aromatic rings. The van der Waals surface area contributed by atoms with E-state index in [1.54, 1.807) is 0 Å². The number of ether oxygens (including phenoxy) is 1. The predicted octanol–water partition coefficient (Wildman–Crippen LogP) is 4.04. The van der Waals surface area contributed by atoms with Crippen molar-refractivity contribution in [3.63, 3.8) is 0 Å². The van der Waals surface area contributed by atoms with Crippen LogP contribution in [0.4, 0.5) is 0 Å². The van der Waals surface area contributed by atoms with Crippen LogP contribution in [-0.2, 0) is 9.53 Å². The zero-order chi connectivity index (χ0) is 13.0. The summed E-state index contributed by atoms with van der Waals surface area (Å²) in [4.78, 5) is 11.8. The van der Waals surface area contributed by atoms with Crippen LogP contribution in [0.15, 0.2) is 0 Å². The highest BCUT2D eigenvalue weighted by atomic mass is 16.5. The quantitative estimate of drug-likeness (QED) is 0.693. The molecule has 3 unspecified atom stereocenters. The van der Waals surface area contributed by atoms with Crippen molar-refractivity contribution < 1.29 is 9.53 Å². The molecule has 1 rings (SSSR count). The van der Waals surface area contributed by atoms with E-state index in [2.05, 4.69) is 34.6 Å². The molecule has 0 radical (unpaired) electrons. The van der Waals surface area contributed by atoms with Gasteiger partial charge in [0.15, 0.2) is 0 Å². The van der Waals surface area contributed by atoms with Gasteiger partial charge in [0.25, 0.3) is 0 Å². The predicted molar refractivity (Wildman–Crippen MR) is 70.7 cm³/mol. The first-order valence-electron chi connectivity index (χ1n) is 7.09. The average Bonchev–Trinajstić information content (AvgIpc) is 2.15. The van der Waals surface area contributed by atoms with Crippen molar-refractivity contribution in [2.75, 3.05) is 0 Å². The highest BCUT2D eigenvalue weighted by molar-refractivity contribution is 5.69. The van der Waals surface area contributed by atoms with E-state index in [-0.39, 0.29) is 12.1 Å². The summed E-state index contributed by atoms with van der Waals surface area (Å²) in [6, 6.07) is 0. The summed E-state index contributed by atoms with van der Waals surface area (Å²) < 4.78 is 5.71. The first-order chi connectivity index (χ1) is 7.90. The van der Waals surface area contributed by atoms with Crippen LogP contribution in [0.2, 0.25) is 0 Å². The van der Waals surface area contributed by atoms with Gasteiger partial charge in [-0.2, -0.15) is 0 Å². The zero-order valence-corrected chi connectivity index (χ0v) is 12.0. The standard InChI is InChI=1S/C15H28O2/c1-10(2)8-15(16)17-14-9-12(5)6-7-13(14)11(3)4/h10-14H,6-9H2,1-5H3. The van der Waals surface area contributed by atoms with Gasteiger partial charge in [0.2, 0.25) is 0 Å². The van der Waals surface area contributed by atoms with E-state index in [1.807, 2.05) is 0 Å². The topological polar surface area (TPSA) is 26.3 Å². The number of carbonyl (C=O) groups excluding carboxylic acids is 1. The van der Waals surface area contributed by atoms with E-state index in [1.165, 1.54) is 12.8 Å². The van der Waals surface area contributed by atoms with Gasteiger partial charge >= 0.3 is 5.97 Å². The lowest BCUT2D eigenvalue weighted by molar-refractivity contribution is -0.156. The zero-order valence-electron chi connectivity index (χ0n) is 12.0. The molecular formula is C15H28O2. The molecule has 0 N–H and O–H groups in total. The number of rotatable bonds is 4. The lowest BCUT2D eigenvalue weighted by atomic mass is 9.75. The molecule has 2 heteroatoms. The number of esters is 1. The van der Waals surface area contributed by atoms with Gasteiger partial charge in [0, 0.05) is 6.42 Å². The molecule has 0 aromatic heterocycles. The minimum absolute atomic E-state index is 0.00949. The van der Waals surface area contributed by atoms with Gasteiger partial charge in [-0.3, -0.25) is 4.79 Å². The van der Waals surface area contributed by atoms with Crippen molar-refractivity contribution in [1.29, 1.82) is 0 Å². The smallest absolute Gasteiger partial charge is 0.306 e. The van der Waals surface area contributed by atoms with Gasteiger partial charge in [-0.15, -0.1) is 0 Å². The molecule has 0 spiro atoms. The molecule has 0 aromatic carbocycles. The normalized spacial score (nSPS) is 29.7. The molecule has 1 aliphatic rings. The molecule has 1 saturated carbocycles. The second kappa shape index (κ2) is 6.42. The van der Waals surface area contributed by atoms with Crippen LogP contribution in [0.25, 0.3) is 0 Å². The SMILES string of the molecule is CC(C)CC(=O)OC1CC(C)CCC1C(C)C. The van der Waals surface area contributed by atoms with Gasteiger partial charge in [-0.1, -0.05) is 41.0 Å². The van der Waals surface area contributed by atoms with Crippen LogP contribution in [0.5, 0.6) is 0 Å². The third-order valence-corrected chi connectivity index (χ3v) is 3.82. The number of hydrogen-bond acceptors (Lipinski definition) is 2. The van der Waals surface area contributed by atoms with E-state index < -0.39 is 0 Å². The van der Waals surface area contributed by atoms with Crippen molar-refractivity contribution in [3.05, 3.63) is 0 Å². The maximum atomic E-state index is 11.8. The molecule has 0 aliphatic heterocycles. The Hall–Kier alpha value is -0.530. The molecule has 0 bridgehead atoms. The fourth-order valence-corrected chi connectivity index (χ4v) is 2.80. The van der Waals surface area contributed by atoms with Gasteiger partial charge in [0.1, 0.15) is 6.10 Å². The Morgan fingerprint density at radius 3 is 2.41 bits per heavy atom. The first kappa shape index (κ1) is 14.5. The molecular weight excluding hydrogens is 212 g/mol. The minimum Gasteiger partial charge on any atom is -0.462 e. The van der Waals surface area contributed by atoms with E-state index >= 15 is 0 Å². The summed E-state index contributed by atoms with van der Waals surface area (Å²) in [7, 11) is 0. The first-order valence-corrected chi connectivity index (χ1v) is 7.09. The van der Waals surface area contributed by atoms with Crippen LogP contribution in [-0.4, -0.2) is 12.1 Å². The second-order valence-corrected chi connectivity index (χ2v) is 6.45. The summed E-state index contributed by atoms with van der Waals surface area (Å²) in [6.07, 6.45) is 4.24. The van der Waals surface area contributed by atoms with E-state index in [9.17, 15) is 4.79 Å². The second-order valence-electron chi connectivity index (χ2n) is 6.45. The molecule has 2 nitrogen and oxygen atoms in total. The Morgan fingerprint density at radius 1 is 1.24 bits per heavy atom. The Balaban J connectivity index is 2.54. The van der Waals surface area contributed by atoms with Crippen LogP contribution >= 0.6 is 0 Å².